The Labute approximate surface area is 136 Å². The van der Waals surface area contributed by atoms with Crippen molar-refractivity contribution in [2.75, 3.05) is 20.8 Å². The normalized spacial score (nSPS) is 34.0. The molecule has 1 aliphatic rings. The van der Waals surface area contributed by atoms with Gasteiger partial charge in [-0.1, -0.05) is 0 Å². The number of aliphatic hydroxyl groups excluding tert-OH is 1. The summed E-state index contributed by atoms with van der Waals surface area (Å²) in [4.78, 5) is 0. The highest BCUT2D eigenvalue weighted by Crippen LogP contribution is 2.29. The van der Waals surface area contributed by atoms with Gasteiger partial charge in [-0.2, -0.15) is 0 Å². The standard InChI is InChI=1S/C14H32O6Si2/c1-16-11-10(9-18-21(3,4)5)19-14(15)13(17-2)12(11)20-22(6,7)8/h10-15H,9H2,1-8H3/t10-,11+,12+,13-,14?/m0/s1. The maximum Gasteiger partial charge on any atom is 0.184 e. The molecule has 22 heavy (non-hydrogen) atoms. The first-order valence-corrected chi connectivity index (χ1v) is 14.5. The molecule has 1 heterocycles. The predicted molar refractivity (Wildman–Crippen MR) is 90.0 cm³/mol. The fraction of sp³-hybridized carbons (Fsp3) is 1.00. The summed E-state index contributed by atoms with van der Waals surface area (Å²) in [7, 11) is -0.348. The number of methoxy groups -OCH3 is 2. The molecule has 0 aromatic carbocycles. The molecule has 0 amide bonds. The van der Waals surface area contributed by atoms with Gasteiger partial charge in [-0.05, 0) is 39.3 Å². The first-order chi connectivity index (χ1) is 9.98. The van der Waals surface area contributed by atoms with Crippen molar-refractivity contribution in [2.24, 2.45) is 0 Å². The molecule has 0 spiro atoms. The van der Waals surface area contributed by atoms with E-state index in [0.29, 0.717) is 6.61 Å². The summed E-state index contributed by atoms with van der Waals surface area (Å²) in [6.45, 7) is 13.0. The van der Waals surface area contributed by atoms with E-state index >= 15 is 0 Å². The molecule has 1 unspecified atom stereocenters. The van der Waals surface area contributed by atoms with Crippen molar-refractivity contribution in [3.8, 4) is 0 Å². The maximum absolute atomic E-state index is 10.2. The number of rotatable bonds is 7. The zero-order chi connectivity index (χ0) is 17.1. The third-order valence-electron chi connectivity index (χ3n) is 3.32. The van der Waals surface area contributed by atoms with Gasteiger partial charge in [0, 0.05) is 14.2 Å². The summed E-state index contributed by atoms with van der Waals surface area (Å²) in [5.41, 5.74) is 0. The molecule has 8 heteroatoms. The Morgan fingerprint density at radius 2 is 1.41 bits per heavy atom. The third kappa shape index (κ3) is 6.01. The lowest BCUT2D eigenvalue weighted by molar-refractivity contribution is -0.291. The summed E-state index contributed by atoms with van der Waals surface area (Å²) < 4.78 is 28.9. The molecule has 6 nitrogen and oxygen atoms in total. The van der Waals surface area contributed by atoms with Gasteiger partial charge in [0.2, 0.25) is 0 Å². The lowest BCUT2D eigenvalue weighted by atomic mass is 9.99. The topological polar surface area (TPSA) is 66.4 Å². The lowest BCUT2D eigenvalue weighted by Gasteiger charge is -2.46. The van der Waals surface area contributed by atoms with E-state index in [2.05, 4.69) is 39.3 Å². The second-order valence-corrected chi connectivity index (χ2v) is 16.6. The van der Waals surface area contributed by atoms with Crippen LogP contribution in [0, 0.1) is 0 Å². The van der Waals surface area contributed by atoms with E-state index < -0.39 is 29.0 Å². The van der Waals surface area contributed by atoms with Gasteiger partial charge in [0.25, 0.3) is 0 Å². The van der Waals surface area contributed by atoms with Gasteiger partial charge in [0.1, 0.15) is 24.4 Å². The highest BCUT2D eigenvalue weighted by molar-refractivity contribution is 6.70. The summed E-state index contributed by atoms with van der Waals surface area (Å²) in [6, 6.07) is 0. The molecule has 1 rings (SSSR count). The molecule has 1 aliphatic heterocycles. The van der Waals surface area contributed by atoms with Crippen molar-refractivity contribution in [1.82, 2.24) is 0 Å². The van der Waals surface area contributed by atoms with Crippen LogP contribution in [0.5, 0.6) is 0 Å². The first kappa shape index (κ1) is 20.2. The van der Waals surface area contributed by atoms with Crippen molar-refractivity contribution in [1.29, 1.82) is 0 Å². The SMILES string of the molecule is CO[C@H]1[C@@H](O[Si](C)(C)C)[C@H](OC)C(O)O[C@H]1CO[Si](C)(C)C. The van der Waals surface area contributed by atoms with Crippen molar-refractivity contribution in [3.63, 3.8) is 0 Å². The second kappa shape index (κ2) is 7.84. The molecular weight excluding hydrogens is 320 g/mol. The van der Waals surface area contributed by atoms with Crippen LogP contribution < -0.4 is 0 Å². The van der Waals surface area contributed by atoms with E-state index in [1.54, 1.807) is 14.2 Å². The number of hydrogen-bond donors (Lipinski definition) is 1. The average molecular weight is 353 g/mol. The molecule has 0 radical (unpaired) electrons. The van der Waals surface area contributed by atoms with Crippen molar-refractivity contribution in [3.05, 3.63) is 0 Å². The van der Waals surface area contributed by atoms with Gasteiger partial charge in [-0.25, -0.2) is 0 Å². The van der Waals surface area contributed by atoms with Crippen LogP contribution in [-0.2, 0) is 23.1 Å². The molecule has 0 saturated carbocycles. The highest BCUT2D eigenvalue weighted by atomic mass is 28.4. The van der Waals surface area contributed by atoms with Crippen molar-refractivity contribution >= 4 is 16.6 Å². The molecule has 5 atom stereocenters. The van der Waals surface area contributed by atoms with Gasteiger partial charge >= 0.3 is 0 Å². The molecular formula is C14H32O6Si2. The molecule has 0 aromatic rings. The van der Waals surface area contributed by atoms with E-state index in [1.165, 1.54) is 0 Å². The predicted octanol–water partition coefficient (Wildman–Crippen LogP) is 1.81. The highest BCUT2D eigenvalue weighted by Gasteiger charge is 2.48. The maximum atomic E-state index is 10.2. The van der Waals surface area contributed by atoms with Crippen LogP contribution >= 0.6 is 0 Å². The Hall–Kier alpha value is 0.194. The minimum Gasteiger partial charge on any atom is -0.415 e. The van der Waals surface area contributed by atoms with Gasteiger partial charge in [-0.15, -0.1) is 0 Å². The number of ether oxygens (including phenoxy) is 3. The molecule has 1 fully saturated rings. The zero-order valence-electron chi connectivity index (χ0n) is 15.1. The monoisotopic (exact) mass is 352 g/mol. The quantitative estimate of drug-likeness (QED) is 0.705. The van der Waals surface area contributed by atoms with Gasteiger partial charge in [-0.3, -0.25) is 0 Å². The largest absolute Gasteiger partial charge is 0.415 e. The Bertz CT molecular complexity index is 341. The van der Waals surface area contributed by atoms with E-state index in [4.69, 9.17) is 23.1 Å². The van der Waals surface area contributed by atoms with Crippen LogP contribution in [0.15, 0.2) is 0 Å². The Kier molecular flexibility index (Phi) is 7.22. The van der Waals surface area contributed by atoms with Crippen LogP contribution in [-0.4, -0.2) is 73.3 Å². The van der Waals surface area contributed by atoms with E-state index in [9.17, 15) is 5.11 Å². The smallest absolute Gasteiger partial charge is 0.184 e. The van der Waals surface area contributed by atoms with Crippen LogP contribution in [0.3, 0.4) is 0 Å². The van der Waals surface area contributed by atoms with E-state index in [-0.39, 0.29) is 18.3 Å². The minimum atomic E-state index is -1.84. The Morgan fingerprint density at radius 3 is 1.82 bits per heavy atom. The van der Waals surface area contributed by atoms with E-state index in [1.807, 2.05) is 0 Å². The van der Waals surface area contributed by atoms with Crippen molar-refractivity contribution in [2.45, 2.75) is 70.0 Å². The van der Waals surface area contributed by atoms with Crippen LogP contribution in [0.1, 0.15) is 0 Å². The summed E-state index contributed by atoms with van der Waals surface area (Å²) >= 11 is 0. The lowest BCUT2D eigenvalue weighted by Crippen LogP contribution is -2.63. The Balaban J connectivity index is 2.91. The van der Waals surface area contributed by atoms with E-state index in [0.717, 1.165) is 0 Å². The molecule has 0 bridgehead atoms. The number of aliphatic hydroxyl groups is 1. The molecule has 0 aromatic heterocycles. The van der Waals surface area contributed by atoms with Gasteiger partial charge < -0.3 is 28.2 Å². The Morgan fingerprint density at radius 1 is 0.864 bits per heavy atom. The second-order valence-electron chi connectivity index (χ2n) is 7.58. The van der Waals surface area contributed by atoms with Gasteiger partial charge in [0.05, 0.1) is 6.61 Å². The fourth-order valence-corrected chi connectivity index (χ4v) is 4.19. The van der Waals surface area contributed by atoms with Crippen LogP contribution in [0.25, 0.3) is 0 Å². The summed E-state index contributed by atoms with van der Waals surface area (Å²) in [5.74, 6) is 0. The molecule has 0 aliphatic carbocycles. The summed E-state index contributed by atoms with van der Waals surface area (Å²) in [6.07, 6.45) is -2.70. The third-order valence-corrected chi connectivity index (χ3v) is 5.34. The van der Waals surface area contributed by atoms with Crippen LogP contribution in [0.4, 0.5) is 0 Å². The van der Waals surface area contributed by atoms with Crippen molar-refractivity contribution < 1.29 is 28.2 Å². The fourth-order valence-electron chi connectivity index (χ4n) is 2.44. The molecule has 132 valence electrons. The first-order valence-electron chi connectivity index (χ1n) is 7.69. The molecule has 1 N–H and O–H groups in total. The minimum absolute atomic E-state index is 0.337. The average Bonchev–Trinajstić information content (AvgIpc) is 2.33. The van der Waals surface area contributed by atoms with Crippen LogP contribution in [0.2, 0.25) is 39.3 Å². The number of hydrogen-bond acceptors (Lipinski definition) is 6. The summed E-state index contributed by atoms with van der Waals surface area (Å²) in [5, 5.41) is 10.2. The molecule has 1 saturated heterocycles. The zero-order valence-corrected chi connectivity index (χ0v) is 17.1. The van der Waals surface area contributed by atoms with Gasteiger partial charge in [0.15, 0.2) is 22.9 Å².